The minimum atomic E-state index is -0.518. The highest BCUT2D eigenvalue weighted by Crippen LogP contribution is 2.33. The first-order valence-corrected chi connectivity index (χ1v) is 10.3. The van der Waals surface area contributed by atoms with Crippen LogP contribution in [0.25, 0.3) is 0 Å². The first-order valence-electron chi connectivity index (χ1n) is 10.3. The van der Waals surface area contributed by atoms with Crippen LogP contribution in [0.1, 0.15) is 50.3 Å². The van der Waals surface area contributed by atoms with Gasteiger partial charge in [0.15, 0.2) is 0 Å². The van der Waals surface area contributed by atoms with Gasteiger partial charge >= 0.3 is 5.97 Å². The molecule has 1 saturated carbocycles. The zero-order valence-electron chi connectivity index (χ0n) is 16.4. The van der Waals surface area contributed by atoms with E-state index in [0.717, 1.165) is 12.8 Å². The maximum Gasteiger partial charge on any atom is 0.357 e. The lowest BCUT2D eigenvalue weighted by atomic mass is 10.0. The molecule has 1 saturated heterocycles. The Labute approximate surface area is 174 Å². The van der Waals surface area contributed by atoms with Crippen LogP contribution in [-0.4, -0.2) is 59.1 Å². The van der Waals surface area contributed by atoms with Crippen LogP contribution in [0.5, 0.6) is 0 Å². The van der Waals surface area contributed by atoms with Gasteiger partial charge in [0.05, 0.1) is 41.5 Å². The van der Waals surface area contributed by atoms with E-state index in [0.29, 0.717) is 29.7 Å². The Hall–Kier alpha value is -3.03. The highest BCUT2D eigenvalue weighted by atomic mass is 16.7. The van der Waals surface area contributed by atoms with Crippen LogP contribution in [0.2, 0.25) is 0 Å². The Morgan fingerprint density at radius 3 is 2.13 bits per heavy atom. The molecule has 7 heteroatoms. The number of hydrogen-bond donors (Lipinski definition) is 0. The van der Waals surface area contributed by atoms with E-state index >= 15 is 0 Å². The van der Waals surface area contributed by atoms with Gasteiger partial charge in [0.25, 0.3) is 11.8 Å². The molecule has 30 heavy (non-hydrogen) atoms. The van der Waals surface area contributed by atoms with Gasteiger partial charge in [-0.05, 0) is 43.5 Å². The van der Waals surface area contributed by atoms with Crippen LogP contribution in [0, 0.1) is 0 Å². The second kappa shape index (κ2) is 7.66. The van der Waals surface area contributed by atoms with Crippen LogP contribution in [0.3, 0.4) is 0 Å². The van der Waals surface area contributed by atoms with E-state index in [1.165, 1.54) is 9.96 Å². The molecule has 0 aromatic heterocycles. The van der Waals surface area contributed by atoms with Crippen molar-refractivity contribution in [1.29, 1.82) is 0 Å². The van der Waals surface area contributed by atoms with Crippen molar-refractivity contribution in [3.05, 3.63) is 71.3 Å². The van der Waals surface area contributed by atoms with Crippen LogP contribution in [0.4, 0.5) is 0 Å². The third-order valence-corrected chi connectivity index (χ3v) is 5.75. The normalized spacial score (nSPS) is 24.1. The van der Waals surface area contributed by atoms with Gasteiger partial charge in [-0.15, -0.1) is 5.06 Å². The Morgan fingerprint density at radius 1 is 0.867 bits per heavy atom. The van der Waals surface area contributed by atoms with Crippen molar-refractivity contribution in [2.45, 2.75) is 37.5 Å². The number of hydroxylamine groups is 2. The van der Waals surface area contributed by atoms with E-state index in [-0.39, 0.29) is 30.6 Å². The Balaban J connectivity index is 1.37. The molecule has 2 aliphatic heterocycles. The van der Waals surface area contributed by atoms with Crippen LogP contribution < -0.4 is 0 Å². The van der Waals surface area contributed by atoms with Gasteiger partial charge in [0.1, 0.15) is 0 Å². The molecule has 0 bridgehead atoms. The van der Waals surface area contributed by atoms with Gasteiger partial charge in [0, 0.05) is 6.54 Å². The number of imide groups is 1. The number of nitrogens with zero attached hydrogens (tertiary/aromatic N) is 2. The maximum atomic E-state index is 13.0. The van der Waals surface area contributed by atoms with E-state index in [2.05, 4.69) is 0 Å². The highest BCUT2D eigenvalue weighted by molar-refractivity contribution is 6.21. The summed E-state index contributed by atoms with van der Waals surface area (Å²) in [5.41, 5.74) is 1.27. The molecule has 0 radical (unpaired) electrons. The topological polar surface area (TPSA) is 76.2 Å². The summed E-state index contributed by atoms with van der Waals surface area (Å²) in [6.45, 7) is 0.705. The molecule has 2 aromatic carbocycles. The van der Waals surface area contributed by atoms with Crippen molar-refractivity contribution in [2.75, 3.05) is 13.1 Å². The number of piperidine rings is 1. The second-order valence-corrected chi connectivity index (χ2v) is 7.89. The SMILES string of the molecule is O=C(ON1CCC(OC2CC2)C(N2C(=O)c3ccccc3C2=O)C1)c1ccccc1. The summed E-state index contributed by atoms with van der Waals surface area (Å²) >= 11 is 0. The van der Waals surface area contributed by atoms with Crippen molar-refractivity contribution in [3.8, 4) is 0 Å². The van der Waals surface area contributed by atoms with E-state index in [9.17, 15) is 14.4 Å². The molecular formula is C23H22N2O5. The molecule has 2 amide bonds. The number of benzene rings is 2. The Kier molecular flexibility index (Phi) is 4.84. The predicted octanol–water partition coefficient (Wildman–Crippen LogP) is 2.68. The standard InChI is InChI=1S/C23H22N2O5/c26-21-17-8-4-5-9-18(17)22(27)25(21)19-14-24(13-12-20(19)29-16-10-11-16)30-23(28)15-6-2-1-3-7-15/h1-9,16,19-20H,10-14H2. The number of carbonyl (C=O) groups is 3. The summed E-state index contributed by atoms with van der Waals surface area (Å²) in [6.07, 6.45) is 2.48. The van der Waals surface area contributed by atoms with Gasteiger partial charge in [-0.2, -0.15) is 0 Å². The van der Waals surface area contributed by atoms with E-state index in [1.807, 2.05) is 6.07 Å². The summed E-state index contributed by atoms with van der Waals surface area (Å²) < 4.78 is 6.15. The molecule has 1 aliphatic carbocycles. The third kappa shape index (κ3) is 3.51. The van der Waals surface area contributed by atoms with E-state index in [1.54, 1.807) is 48.5 Å². The van der Waals surface area contributed by atoms with Crippen molar-refractivity contribution in [2.24, 2.45) is 0 Å². The summed E-state index contributed by atoms with van der Waals surface area (Å²) in [7, 11) is 0. The van der Waals surface area contributed by atoms with Crippen molar-refractivity contribution in [3.63, 3.8) is 0 Å². The molecule has 0 N–H and O–H groups in total. The average molecular weight is 406 g/mol. The quantitative estimate of drug-likeness (QED) is 0.711. The lowest BCUT2D eigenvalue weighted by molar-refractivity contribution is -0.158. The second-order valence-electron chi connectivity index (χ2n) is 7.89. The van der Waals surface area contributed by atoms with Gasteiger partial charge in [0.2, 0.25) is 0 Å². The van der Waals surface area contributed by atoms with Gasteiger partial charge in [-0.1, -0.05) is 30.3 Å². The molecule has 154 valence electrons. The number of hydrogen-bond acceptors (Lipinski definition) is 6. The van der Waals surface area contributed by atoms with Gasteiger partial charge < -0.3 is 9.57 Å². The fraction of sp³-hybridized carbons (Fsp3) is 0.348. The summed E-state index contributed by atoms with van der Waals surface area (Å²) in [6, 6.07) is 15.1. The zero-order valence-corrected chi connectivity index (χ0v) is 16.4. The summed E-state index contributed by atoms with van der Waals surface area (Å²) in [4.78, 5) is 45.4. The molecule has 2 aromatic rings. The first kappa shape index (κ1) is 19.0. The minimum absolute atomic E-state index is 0.186. The average Bonchev–Trinajstić information content (AvgIpc) is 3.56. The van der Waals surface area contributed by atoms with Crippen LogP contribution in [0.15, 0.2) is 54.6 Å². The monoisotopic (exact) mass is 406 g/mol. The van der Waals surface area contributed by atoms with Crippen LogP contribution in [-0.2, 0) is 9.57 Å². The van der Waals surface area contributed by atoms with Crippen LogP contribution >= 0.6 is 0 Å². The third-order valence-electron chi connectivity index (χ3n) is 5.75. The molecule has 2 unspecified atom stereocenters. The lowest BCUT2D eigenvalue weighted by Gasteiger charge is -2.40. The molecule has 3 aliphatic rings. The fourth-order valence-corrected chi connectivity index (χ4v) is 4.08. The first-order chi connectivity index (χ1) is 14.6. The summed E-state index contributed by atoms with van der Waals surface area (Å²) in [5.74, 6) is -1.10. The van der Waals surface area contributed by atoms with Gasteiger partial charge in [-0.3, -0.25) is 14.5 Å². The van der Waals surface area contributed by atoms with E-state index < -0.39 is 12.0 Å². The Morgan fingerprint density at radius 2 is 1.50 bits per heavy atom. The number of fused-ring (bicyclic) bond motifs is 1. The molecule has 5 rings (SSSR count). The molecular weight excluding hydrogens is 384 g/mol. The number of carbonyl (C=O) groups excluding carboxylic acids is 3. The largest absolute Gasteiger partial charge is 0.373 e. The van der Waals surface area contributed by atoms with Crippen molar-refractivity contribution >= 4 is 17.8 Å². The number of ether oxygens (including phenoxy) is 1. The van der Waals surface area contributed by atoms with Gasteiger partial charge in [-0.25, -0.2) is 4.79 Å². The highest BCUT2D eigenvalue weighted by Gasteiger charge is 2.47. The Bertz CT molecular complexity index is 953. The number of amides is 2. The molecule has 0 spiro atoms. The fourth-order valence-electron chi connectivity index (χ4n) is 4.08. The molecule has 2 heterocycles. The molecule has 2 atom stereocenters. The zero-order chi connectivity index (χ0) is 20.7. The predicted molar refractivity (Wildman–Crippen MR) is 107 cm³/mol. The number of rotatable bonds is 5. The minimum Gasteiger partial charge on any atom is -0.373 e. The smallest absolute Gasteiger partial charge is 0.357 e. The van der Waals surface area contributed by atoms with E-state index in [4.69, 9.17) is 9.57 Å². The van der Waals surface area contributed by atoms with Crippen molar-refractivity contribution < 1.29 is 24.0 Å². The molecule has 2 fully saturated rings. The summed E-state index contributed by atoms with van der Waals surface area (Å²) in [5, 5.41) is 1.54. The lowest BCUT2D eigenvalue weighted by Crippen LogP contribution is -2.58. The maximum absolute atomic E-state index is 13.0. The van der Waals surface area contributed by atoms with Crippen molar-refractivity contribution in [1.82, 2.24) is 9.96 Å². The molecule has 7 nitrogen and oxygen atoms in total.